The topological polar surface area (TPSA) is 118 Å². The average Bonchev–Trinajstić information content (AvgIpc) is 3.62. The van der Waals surface area contributed by atoms with Crippen LogP contribution in [0, 0.1) is 17.8 Å². The van der Waals surface area contributed by atoms with Gasteiger partial charge in [-0.3, -0.25) is 24.1 Å². The number of nitrogens with zero attached hydrogens (tertiary/aromatic N) is 2. The Hall–Kier alpha value is -5.15. The molecule has 47 heavy (non-hydrogen) atoms. The molecule has 1 fully saturated rings. The van der Waals surface area contributed by atoms with Gasteiger partial charge in [-0.05, 0) is 83.1 Å². The number of imide groups is 1. The van der Waals surface area contributed by atoms with E-state index < -0.39 is 23.7 Å². The number of halogens is 1. The lowest BCUT2D eigenvalue weighted by Crippen LogP contribution is -2.39. The van der Waals surface area contributed by atoms with E-state index in [4.69, 9.17) is 4.42 Å². The summed E-state index contributed by atoms with van der Waals surface area (Å²) < 4.78 is 6.04. The van der Waals surface area contributed by atoms with Crippen molar-refractivity contribution in [2.75, 3.05) is 4.90 Å². The van der Waals surface area contributed by atoms with E-state index in [0.29, 0.717) is 57.8 Å². The van der Waals surface area contributed by atoms with Crippen LogP contribution in [0.15, 0.2) is 117 Å². The second-order valence-electron chi connectivity index (χ2n) is 12.3. The first kappa shape index (κ1) is 29.3. The number of phenols is 1. The molecule has 1 saturated heterocycles. The SMILES string of the molecule is C=CCc1cccc(C2C3=CCC4C(=O)N(c5ccc(-c6nc7ccccc7o6)cc5)C(=O)C4C3CC3=C2C(=O)C=C(Br)C3=O)c1O. The third kappa shape index (κ3) is 4.44. The van der Waals surface area contributed by atoms with Gasteiger partial charge in [-0.2, -0.15) is 0 Å². The van der Waals surface area contributed by atoms with E-state index in [2.05, 4.69) is 27.5 Å². The molecule has 3 aliphatic carbocycles. The quantitative estimate of drug-likeness (QED) is 0.138. The third-order valence-corrected chi connectivity index (χ3v) is 10.4. The highest BCUT2D eigenvalue weighted by Crippen LogP contribution is 2.56. The smallest absolute Gasteiger partial charge is 0.238 e. The van der Waals surface area contributed by atoms with Crippen LogP contribution in [0.2, 0.25) is 0 Å². The van der Waals surface area contributed by atoms with Crippen molar-refractivity contribution in [2.45, 2.75) is 25.2 Å². The number of rotatable bonds is 5. The van der Waals surface area contributed by atoms with Crippen LogP contribution in [0.1, 0.15) is 29.9 Å². The molecule has 4 atom stereocenters. The predicted octanol–water partition coefficient (Wildman–Crippen LogP) is 6.90. The Kier molecular flexibility index (Phi) is 6.84. The molecule has 1 aromatic heterocycles. The molecule has 3 aromatic carbocycles. The Labute approximate surface area is 277 Å². The first-order chi connectivity index (χ1) is 22.8. The highest BCUT2D eigenvalue weighted by atomic mass is 79.9. The molecule has 0 saturated carbocycles. The molecule has 0 bridgehead atoms. The van der Waals surface area contributed by atoms with Gasteiger partial charge in [-0.15, -0.1) is 6.58 Å². The van der Waals surface area contributed by atoms with E-state index in [1.54, 1.807) is 48.5 Å². The summed E-state index contributed by atoms with van der Waals surface area (Å²) in [7, 11) is 0. The van der Waals surface area contributed by atoms with Gasteiger partial charge >= 0.3 is 0 Å². The number of amides is 2. The number of phenolic OH excluding ortho intramolecular Hbond substituents is 1. The number of anilines is 1. The molecule has 4 unspecified atom stereocenters. The highest BCUT2D eigenvalue weighted by molar-refractivity contribution is 9.12. The van der Waals surface area contributed by atoms with Gasteiger partial charge in [0, 0.05) is 34.3 Å². The molecule has 0 radical (unpaired) electrons. The van der Waals surface area contributed by atoms with Crippen molar-refractivity contribution in [3.63, 3.8) is 0 Å². The van der Waals surface area contributed by atoms with Gasteiger partial charge in [0.15, 0.2) is 17.1 Å². The van der Waals surface area contributed by atoms with E-state index in [1.807, 2.05) is 30.3 Å². The van der Waals surface area contributed by atoms with Gasteiger partial charge in [0.05, 0.1) is 22.0 Å². The zero-order chi connectivity index (χ0) is 32.6. The zero-order valence-corrected chi connectivity index (χ0v) is 26.6. The summed E-state index contributed by atoms with van der Waals surface area (Å²) in [6, 6.07) is 19.8. The van der Waals surface area contributed by atoms with Crippen LogP contribution in [0.5, 0.6) is 5.75 Å². The maximum atomic E-state index is 14.3. The maximum Gasteiger partial charge on any atom is 0.238 e. The van der Waals surface area contributed by atoms with Gasteiger partial charge in [-0.25, -0.2) is 4.98 Å². The number of Topliss-reactive ketones (excluding diaryl/α,β-unsaturated/α-hetero) is 1. The molecule has 8 nitrogen and oxygen atoms in total. The molecular formula is C38H27BrN2O6. The number of hydrogen-bond donors (Lipinski definition) is 1. The van der Waals surface area contributed by atoms with Crippen LogP contribution in [0.4, 0.5) is 5.69 Å². The molecule has 2 amide bonds. The molecule has 8 rings (SSSR count). The molecule has 9 heteroatoms. The Balaban J connectivity index is 1.18. The average molecular weight is 688 g/mol. The first-order valence-corrected chi connectivity index (χ1v) is 16.2. The summed E-state index contributed by atoms with van der Waals surface area (Å²) in [4.78, 5) is 61.1. The number of ketones is 2. The van der Waals surface area contributed by atoms with Crippen molar-refractivity contribution in [2.24, 2.45) is 17.8 Å². The number of oxazole rings is 1. The van der Waals surface area contributed by atoms with Gasteiger partial charge in [0.25, 0.3) is 0 Å². The maximum absolute atomic E-state index is 14.3. The first-order valence-electron chi connectivity index (χ1n) is 15.4. The van der Waals surface area contributed by atoms with Crippen LogP contribution in [-0.2, 0) is 25.6 Å². The van der Waals surface area contributed by atoms with E-state index in [0.717, 1.165) is 11.1 Å². The molecule has 4 aliphatic rings. The number of hydrogen-bond acceptors (Lipinski definition) is 7. The van der Waals surface area contributed by atoms with E-state index in [9.17, 15) is 24.3 Å². The van der Waals surface area contributed by atoms with Crippen LogP contribution in [0.25, 0.3) is 22.6 Å². The number of benzene rings is 3. The Morgan fingerprint density at radius 3 is 2.53 bits per heavy atom. The minimum Gasteiger partial charge on any atom is -0.507 e. The minimum atomic E-state index is -0.740. The molecular weight excluding hydrogens is 660 g/mol. The van der Waals surface area contributed by atoms with Gasteiger partial charge in [0.1, 0.15) is 11.3 Å². The van der Waals surface area contributed by atoms with E-state index >= 15 is 0 Å². The Morgan fingerprint density at radius 1 is 0.979 bits per heavy atom. The lowest BCUT2D eigenvalue weighted by Gasteiger charge is -2.42. The summed E-state index contributed by atoms with van der Waals surface area (Å²) in [6.07, 6.45) is 5.76. The van der Waals surface area contributed by atoms with Crippen LogP contribution >= 0.6 is 15.9 Å². The van der Waals surface area contributed by atoms with Gasteiger partial charge in [-0.1, -0.05) is 48.1 Å². The summed E-state index contributed by atoms with van der Waals surface area (Å²) in [6.45, 7) is 3.79. The fraction of sp³-hybridized carbons (Fsp3) is 0.184. The number of fused-ring (bicyclic) bond motifs is 4. The summed E-state index contributed by atoms with van der Waals surface area (Å²) in [5.74, 6) is -3.44. The largest absolute Gasteiger partial charge is 0.507 e. The lowest BCUT2D eigenvalue weighted by atomic mass is 9.59. The number of aromatic nitrogens is 1. The fourth-order valence-corrected chi connectivity index (χ4v) is 8.18. The van der Waals surface area contributed by atoms with E-state index in [1.165, 1.54) is 11.0 Å². The number of aromatic hydroxyl groups is 1. The number of para-hydroxylation sites is 3. The minimum absolute atomic E-state index is 0.0243. The molecule has 1 aliphatic heterocycles. The molecule has 1 N–H and O–H groups in total. The second kappa shape index (κ2) is 11.0. The number of allylic oxidation sites excluding steroid dienone is 7. The van der Waals surface area contributed by atoms with Gasteiger partial charge < -0.3 is 9.52 Å². The zero-order valence-electron chi connectivity index (χ0n) is 25.0. The van der Waals surface area contributed by atoms with Crippen molar-refractivity contribution in [1.29, 1.82) is 0 Å². The summed E-state index contributed by atoms with van der Waals surface area (Å²) in [5.41, 5.74) is 5.07. The van der Waals surface area contributed by atoms with E-state index in [-0.39, 0.29) is 40.0 Å². The number of carbonyl (C=O) groups is 4. The summed E-state index contributed by atoms with van der Waals surface area (Å²) >= 11 is 3.26. The molecule has 2 heterocycles. The molecule has 0 spiro atoms. The second-order valence-corrected chi connectivity index (χ2v) is 13.1. The van der Waals surface area contributed by atoms with Crippen LogP contribution in [0.3, 0.4) is 0 Å². The monoisotopic (exact) mass is 686 g/mol. The van der Waals surface area contributed by atoms with Crippen molar-refractivity contribution >= 4 is 56.1 Å². The number of carbonyl (C=O) groups excluding carboxylic acids is 4. The van der Waals surface area contributed by atoms with Gasteiger partial charge in [0.2, 0.25) is 17.7 Å². The van der Waals surface area contributed by atoms with Crippen molar-refractivity contribution in [3.8, 4) is 17.2 Å². The fourth-order valence-electron chi connectivity index (χ4n) is 7.73. The van der Waals surface area contributed by atoms with Crippen LogP contribution in [-0.4, -0.2) is 33.5 Å². The van der Waals surface area contributed by atoms with Crippen molar-refractivity contribution < 1.29 is 28.7 Å². The predicted molar refractivity (Wildman–Crippen MR) is 179 cm³/mol. The standard InChI is InChI=1S/C38H27BrN2O6/c1-2-6-19-7-5-8-23(34(19)43)31-22-15-16-24-32(25(22)17-26-33(31)29(42)18-27(39)35(26)44)38(46)41(37(24)45)21-13-11-20(12-14-21)36-40-28-9-3-4-10-30(28)47-36/h2-5,7-15,18,24-25,31-32,43H,1,6,16-17H2. The van der Waals surface area contributed by atoms with Crippen molar-refractivity contribution in [1.82, 2.24) is 4.98 Å². The third-order valence-electron chi connectivity index (χ3n) is 9.82. The van der Waals surface area contributed by atoms with Crippen LogP contribution < -0.4 is 4.90 Å². The molecule has 4 aromatic rings. The Bertz CT molecular complexity index is 2140. The summed E-state index contributed by atoms with van der Waals surface area (Å²) in [5, 5.41) is 11.4. The normalized spacial score (nSPS) is 23.8. The molecule has 232 valence electrons. The Morgan fingerprint density at radius 2 is 1.77 bits per heavy atom. The van der Waals surface area contributed by atoms with Crippen molar-refractivity contribution in [3.05, 3.63) is 124 Å². The lowest BCUT2D eigenvalue weighted by molar-refractivity contribution is -0.123. The highest BCUT2D eigenvalue weighted by Gasteiger charge is 2.57.